The van der Waals surface area contributed by atoms with Gasteiger partial charge in [-0.2, -0.15) is 0 Å². The van der Waals surface area contributed by atoms with E-state index in [0.717, 1.165) is 4.88 Å². The second-order valence-corrected chi connectivity index (χ2v) is 4.17. The lowest BCUT2D eigenvalue weighted by Crippen LogP contribution is -2.06. The minimum Gasteiger partial charge on any atom is -0.398 e. The van der Waals surface area contributed by atoms with Crippen LogP contribution in [-0.2, 0) is 6.42 Å². The van der Waals surface area contributed by atoms with Crippen molar-refractivity contribution in [3.05, 3.63) is 46.4 Å². The molecule has 2 N–H and O–H groups in total. The summed E-state index contributed by atoms with van der Waals surface area (Å²) < 4.78 is 0. The first-order chi connectivity index (χ1) is 7.27. The lowest BCUT2D eigenvalue weighted by molar-refractivity contribution is 0.0994. The van der Waals surface area contributed by atoms with Gasteiger partial charge in [-0.25, -0.2) is 0 Å². The van der Waals surface area contributed by atoms with Crippen LogP contribution in [0.4, 0.5) is 5.69 Å². The van der Waals surface area contributed by atoms with Crippen molar-refractivity contribution in [1.29, 1.82) is 0 Å². The highest BCUT2D eigenvalue weighted by molar-refractivity contribution is 7.10. The van der Waals surface area contributed by atoms with Crippen LogP contribution < -0.4 is 5.73 Å². The molecule has 2 aromatic heterocycles. The fraction of sp³-hybridized carbons (Fsp3) is 0.0909. The van der Waals surface area contributed by atoms with Crippen molar-refractivity contribution in [3.63, 3.8) is 0 Å². The number of nitrogens with two attached hydrogens (primary N) is 1. The summed E-state index contributed by atoms with van der Waals surface area (Å²) >= 11 is 1.57. The molecule has 0 aromatic carbocycles. The van der Waals surface area contributed by atoms with E-state index in [-0.39, 0.29) is 5.78 Å². The normalized spacial score (nSPS) is 10.1. The van der Waals surface area contributed by atoms with Gasteiger partial charge in [-0.3, -0.25) is 9.78 Å². The summed E-state index contributed by atoms with van der Waals surface area (Å²) in [6, 6.07) is 5.51. The average molecular weight is 218 g/mol. The number of carbonyl (C=O) groups is 1. The Bertz CT molecular complexity index is 465. The SMILES string of the molecule is Nc1ccncc1C(=O)Cc1cccs1. The molecule has 2 rings (SSSR count). The van der Waals surface area contributed by atoms with Crippen molar-refractivity contribution in [3.8, 4) is 0 Å². The Kier molecular flexibility index (Phi) is 2.78. The highest BCUT2D eigenvalue weighted by Gasteiger charge is 2.10. The van der Waals surface area contributed by atoms with Gasteiger partial charge in [0.25, 0.3) is 0 Å². The molecule has 0 aliphatic rings. The van der Waals surface area contributed by atoms with Crippen LogP contribution in [0.25, 0.3) is 0 Å². The third kappa shape index (κ3) is 2.22. The molecule has 0 spiro atoms. The number of Topliss-reactive ketones (excluding diaryl/α,β-unsaturated/α-hetero) is 1. The highest BCUT2D eigenvalue weighted by Crippen LogP contribution is 2.15. The van der Waals surface area contributed by atoms with Crippen molar-refractivity contribution in [2.45, 2.75) is 6.42 Å². The molecule has 0 unspecified atom stereocenters. The number of nitrogen functional groups attached to an aromatic ring is 1. The van der Waals surface area contributed by atoms with Crippen molar-refractivity contribution in [2.75, 3.05) is 5.73 Å². The maximum absolute atomic E-state index is 11.8. The lowest BCUT2D eigenvalue weighted by Gasteiger charge is -2.01. The molecule has 0 fully saturated rings. The number of rotatable bonds is 3. The van der Waals surface area contributed by atoms with E-state index in [1.165, 1.54) is 6.20 Å². The molecule has 15 heavy (non-hydrogen) atoms. The first kappa shape index (κ1) is 9.86. The molecule has 0 aliphatic heterocycles. The van der Waals surface area contributed by atoms with Crippen molar-refractivity contribution in [1.82, 2.24) is 4.98 Å². The number of ketones is 1. The van der Waals surface area contributed by atoms with Crippen LogP contribution in [0, 0.1) is 0 Å². The second kappa shape index (κ2) is 4.23. The second-order valence-electron chi connectivity index (χ2n) is 3.14. The molecular weight excluding hydrogens is 208 g/mol. The number of aromatic nitrogens is 1. The van der Waals surface area contributed by atoms with Gasteiger partial charge < -0.3 is 5.73 Å². The Hall–Kier alpha value is -1.68. The highest BCUT2D eigenvalue weighted by atomic mass is 32.1. The number of carbonyl (C=O) groups excluding carboxylic acids is 1. The smallest absolute Gasteiger partial charge is 0.171 e. The first-order valence-electron chi connectivity index (χ1n) is 4.52. The van der Waals surface area contributed by atoms with E-state index in [2.05, 4.69) is 4.98 Å². The molecule has 0 radical (unpaired) electrons. The van der Waals surface area contributed by atoms with Gasteiger partial charge in [0, 0.05) is 29.4 Å². The monoisotopic (exact) mass is 218 g/mol. The fourth-order valence-electron chi connectivity index (χ4n) is 1.30. The maximum atomic E-state index is 11.8. The largest absolute Gasteiger partial charge is 0.398 e. The zero-order valence-electron chi connectivity index (χ0n) is 8.01. The summed E-state index contributed by atoms with van der Waals surface area (Å²) in [5.41, 5.74) is 6.69. The van der Waals surface area contributed by atoms with E-state index in [1.807, 2.05) is 17.5 Å². The van der Waals surface area contributed by atoms with Crippen molar-refractivity contribution < 1.29 is 4.79 Å². The molecule has 2 heterocycles. The summed E-state index contributed by atoms with van der Waals surface area (Å²) in [5.74, 6) is 0.0167. The zero-order chi connectivity index (χ0) is 10.7. The molecule has 4 heteroatoms. The molecule has 0 saturated heterocycles. The molecule has 3 nitrogen and oxygen atoms in total. The van der Waals surface area contributed by atoms with Crippen LogP contribution in [0.1, 0.15) is 15.2 Å². The van der Waals surface area contributed by atoms with Gasteiger partial charge >= 0.3 is 0 Å². The number of hydrogen-bond acceptors (Lipinski definition) is 4. The Morgan fingerprint density at radius 2 is 2.33 bits per heavy atom. The van der Waals surface area contributed by atoms with Gasteiger partial charge in [-0.15, -0.1) is 11.3 Å². The summed E-state index contributed by atoms with van der Waals surface area (Å²) in [4.78, 5) is 16.8. The third-order valence-corrected chi connectivity index (χ3v) is 2.95. The number of hydrogen-bond donors (Lipinski definition) is 1. The van der Waals surface area contributed by atoms with Gasteiger partial charge in [-0.05, 0) is 17.5 Å². The van der Waals surface area contributed by atoms with Crippen LogP contribution in [0.2, 0.25) is 0 Å². The van der Waals surface area contributed by atoms with Gasteiger partial charge in [0.05, 0.1) is 5.56 Å². The third-order valence-electron chi connectivity index (χ3n) is 2.07. The standard InChI is InChI=1S/C11H10N2OS/c12-10-3-4-13-7-9(10)11(14)6-8-2-1-5-15-8/h1-5,7H,6H2,(H2,12,13). The van der Waals surface area contributed by atoms with Gasteiger partial charge in [0.2, 0.25) is 0 Å². The zero-order valence-corrected chi connectivity index (χ0v) is 8.83. The van der Waals surface area contributed by atoms with Crippen molar-refractivity contribution in [2.24, 2.45) is 0 Å². The van der Waals surface area contributed by atoms with E-state index in [1.54, 1.807) is 23.6 Å². The van der Waals surface area contributed by atoms with E-state index in [0.29, 0.717) is 17.7 Å². The van der Waals surface area contributed by atoms with E-state index >= 15 is 0 Å². The summed E-state index contributed by atoms with van der Waals surface area (Å²) in [5, 5.41) is 1.95. The van der Waals surface area contributed by atoms with E-state index in [4.69, 9.17) is 5.73 Å². The predicted molar refractivity (Wildman–Crippen MR) is 61.0 cm³/mol. The average Bonchev–Trinajstić information content (AvgIpc) is 2.71. The molecule has 0 amide bonds. The van der Waals surface area contributed by atoms with Crippen LogP contribution >= 0.6 is 11.3 Å². The minimum absolute atomic E-state index is 0.0167. The quantitative estimate of drug-likeness (QED) is 0.803. The molecule has 76 valence electrons. The molecule has 0 bridgehead atoms. The van der Waals surface area contributed by atoms with Gasteiger partial charge in [0.15, 0.2) is 5.78 Å². The minimum atomic E-state index is 0.0167. The summed E-state index contributed by atoms with van der Waals surface area (Å²) in [6.07, 6.45) is 3.50. The van der Waals surface area contributed by atoms with Crippen LogP contribution in [-0.4, -0.2) is 10.8 Å². The van der Waals surface area contributed by atoms with E-state index in [9.17, 15) is 4.79 Å². The Balaban J connectivity index is 2.19. The molecule has 0 atom stereocenters. The number of anilines is 1. The predicted octanol–water partition coefficient (Wildman–Crippen LogP) is 2.15. The van der Waals surface area contributed by atoms with Crippen molar-refractivity contribution >= 4 is 22.8 Å². The summed E-state index contributed by atoms with van der Waals surface area (Å²) in [6.45, 7) is 0. The fourth-order valence-corrected chi connectivity index (χ4v) is 2.01. The lowest BCUT2D eigenvalue weighted by atomic mass is 10.1. The first-order valence-corrected chi connectivity index (χ1v) is 5.40. The van der Waals surface area contributed by atoms with Crippen LogP contribution in [0.15, 0.2) is 36.0 Å². The van der Waals surface area contributed by atoms with Crippen LogP contribution in [0.5, 0.6) is 0 Å². The Morgan fingerprint density at radius 1 is 1.47 bits per heavy atom. The number of thiophene rings is 1. The summed E-state index contributed by atoms with van der Waals surface area (Å²) in [7, 11) is 0. The molecule has 0 aliphatic carbocycles. The molecule has 0 saturated carbocycles. The Labute approximate surface area is 91.6 Å². The number of pyridine rings is 1. The van der Waals surface area contributed by atoms with Gasteiger partial charge in [0.1, 0.15) is 0 Å². The Morgan fingerprint density at radius 3 is 3.00 bits per heavy atom. The van der Waals surface area contributed by atoms with E-state index < -0.39 is 0 Å². The topological polar surface area (TPSA) is 56.0 Å². The molecular formula is C11H10N2OS. The molecule has 2 aromatic rings. The maximum Gasteiger partial charge on any atom is 0.171 e. The van der Waals surface area contributed by atoms with Gasteiger partial charge in [-0.1, -0.05) is 6.07 Å². The van der Waals surface area contributed by atoms with Crippen LogP contribution in [0.3, 0.4) is 0 Å². The number of nitrogens with zero attached hydrogens (tertiary/aromatic N) is 1.